The van der Waals surface area contributed by atoms with Crippen LogP contribution in [0.2, 0.25) is 0 Å². The molecule has 0 spiro atoms. The molecule has 0 aliphatic rings. The summed E-state index contributed by atoms with van der Waals surface area (Å²) in [6, 6.07) is 11.3. The minimum absolute atomic E-state index is 0.493. The summed E-state index contributed by atoms with van der Waals surface area (Å²) in [5.74, 6) is 0. The van der Waals surface area contributed by atoms with Crippen LogP contribution in [-0.2, 0) is 0 Å². The standard InChI is InChI=1S/C27H48BrP/c1-5-9-12-18-23-29(28,24-19-13-10-6-2,25-20-14-11-7-3)27(8-4)26-21-16-15-17-22-26/h8,15-17,21-22,27H,4-7,9-14,18-20,23-25H2,1-3H3. The molecule has 0 amide bonds. The van der Waals surface area contributed by atoms with Gasteiger partial charge in [0.2, 0.25) is 0 Å². The fraction of sp³-hybridized carbons (Fsp3) is 0.704. The fourth-order valence-corrected chi connectivity index (χ4v) is 14.3. The first-order valence-electron chi connectivity index (χ1n) is 12.4. The Kier molecular flexibility index (Phi) is 13.7. The van der Waals surface area contributed by atoms with E-state index in [9.17, 15) is 0 Å². The summed E-state index contributed by atoms with van der Waals surface area (Å²) in [5.41, 5.74) is 1.98. The van der Waals surface area contributed by atoms with Crippen molar-refractivity contribution >= 4 is 20.8 Å². The summed E-state index contributed by atoms with van der Waals surface area (Å²) in [6.45, 7) is 11.3. The average molecular weight is 484 g/mol. The van der Waals surface area contributed by atoms with Crippen molar-refractivity contribution in [3.8, 4) is 0 Å². The van der Waals surface area contributed by atoms with Gasteiger partial charge in [0.1, 0.15) is 0 Å². The van der Waals surface area contributed by atoms with E-state index in [4.69, 9.17) is 0 Å². The monoisotopic (exact) mass is 482 g/mol. The van der Waals surface area contributed by atoms with Gasteiger partial charge in [-0.05, 0) is 0 Å². The number of allylic oxidation sites excluding steroid dienone is 1. The molecule has 0 N–H and O–H groups in total. The van der Waals surface area contributed by atoms with E-state index in [0.29, 0.717) is 5.66 Å². The van der Waals surface area contributed by atoms with E-state index >= 15 is 0 Å². The molecule has 2 heteroatoms. The Balaban J connectivity index is 3.21. The number of hydrogen-bond donors (Lipinski definition) is 0. The Bertz CT molecular complexity index is 505. The van der Waals surface area contributed by atoms with E-state index in [2.05, 4.69) is 79.2 Å². The molecule has 1 aromatic carbocycles. The van der Waals surface area contributed by atoms with Crippen molar-refractivity contribution in [3.63, 3.8) is 0 Å². The van der Waals surface area contributed by atoms with E-state index < -0.39 is 5.31 Å². The van der Waals surface area contributed by atoms with Crippen molar-refractivity contribution in [2.75, 3.05) is 18.5 Å². The van der Waals surface area contributed by atoms with Crippen LogP contribution in [0.25, 0.3) is 0 Å². The molecule has 0 fully saturated rings. The minimum atomic E-state index is -2.13. The fourth-order valence-electron chi connectivity index (χ4n) is 4.91. The predicted octanol–water partition coefficient (Wildman–Crippen LogP) is 10.5. The van der Waals surface area contributed by atoms with Crippen LogP contribution in [0.3, 0.4) is 0 Å². The average Bonchev–Trinajstić information content (AvgIpc) is 2.74. The SMILES string of the molecule is C=CC(c1ccccc1)P(Br)(CCCCCC)(CCCCCC)CCCCCC. The maximum atomic E-state index is 4.67. The third-order valence-electron chi connectivity index (χ3n) is 6.68. The molecule has 1 unspecified atom stereocenters. The molecule has 0 aliphatic carbocycles. The van der Waals surface area contributed by atoms with Gasteiger partial charge in [-0.25, -0.2) is 0 Å². The predicted molar refractivity (Wildman–Crippen MR) is 142 cm³/mol. The van der Waals surface area contributed by atoms with Crippen LogP contribution in [0.4, 0.5) is 0 Å². The molecule has 29 heavy (non-hydrogen) atoms. The molecule has 168 valence electrons. The molecule has 0 saturated heterocycles. The van der Waals surface area contributed by atoms with Gasteiger partial charge < -0.3 is 0 Å². The molecule has 0 heterocycles. The Morgan fingerprint density at radius 2 is 1.14 bits per heavy atom. The zero-order valence-electron chi connectivity index (χ0n) is 19.7. The van der Waals surface area contributed by atoms with Gasteiger partial charge in [0.15, 0.2) is 0 Å². The number of benzene rings is 1. The zero-order valence-corrected chi connectivity index (χ0v) is 22.2. The van der Waals surface area contributed by atoms with Crippen molar-refractivity contribution in [2.24, 2.45) is 0 Å². The van der Waals surface area contributed by atoms with E-state index in [0.717, 1.165) is 0 Å². The van der Waals surface area contributed by atoms with E-state index in [1.54, 1.807) is 0 Å². The molecule has 0 aliphatic heterocycles. The number of halogens is 1. The molecular formula is C27H48BrP. The van der Waals surface area contributed by atoms with E-state index in [1.165, 1.54) is 101 Å². The van der Waals surface area contributed by atoms with Crippen molar-refractivity contribution in [1.82, 2.24) is 0 Å². The first-order valence-corrected chi connectivity index (χ1v) is 17.3. The van der Waals surface area contributed by atoms with Crippen molar-refractivity contribution < 1.29 is 0 Å². The summed E-state index contributed by atoms with van der Waals surface area (Å²) >= 11 is 4.67. The van der Waals surface area contributed by atoms with Gasteiger partial charge in [-0.2, -0.15) is 0 Å². The summed E-state index contributed by atoms with van der Waals surface area (Å²) in [7, 11) is 0. The third kappa shape index (κ3) is 8.86. The van der Waals surface area contributed by atoms with Crippen molar-refractivity contribution in [2.45, 2.75) is 103 Å². The number of hydrogen-bond acceptors (Lipinski definition) is 0. The molecule has 0 nitrogen and oxygen atoms in total. The summed E-state index contributed by atoms with van der Waals surface area (Å²) in [4.78, 5) is 0. The van der Waals surface area contributed by atoms with Crippen LogP contribution in [0.5, 0.6) is 0 Å². The van der Waals surface area contributed by atoms with Crippen LogP contribution in [0.1, 0.15) is 109 Å². The van der Waals surface area contributed by atoms with Gasteiger partial charge >= 0.3 is 191 Å². The van der Waals surface area contributed by atoms with Crippen LogP contribution < -0.4 is 0 Å². The first kappa shape index (κ1) is 26.9. The van der Waals surface area contributed by atoms with Gasteiger partial charge in [-0.15, -0.1) is 0 Å². The second-order valence-corrected chi connectivity index (χ2v) is 20.1. The molecular weight excluding hydrogens is 435 g/mol. The van der Waals surface area contributed by atoms with E-state index in [1.807, 2.05) is 0 Å². The molecule has 0 aromatic heterocycles. The summed E-state index contributed by atoms with van der Waals surface area (Å²) in [6.07, 6.45) is 22.8. The second kappa shape index (κ2) is 14.8. The third-order valence-corrected chi connectivity index (χ3v) is 17.2. The summed E-state index contributed by atoms with van der Waals surface area (Å²) < 4.78 is 0. The number of rotatable bonds is 18. The Hall–Kier alpha value is -0.130. The summed E-state index contributed by atoms with van der Waals surface area (Å²) in [5, 5.41) is -2.13. The van der Waals surface area contributed by atoms with Gasteiger partial charge in [0.25, 0.3) is 0 Å². The van der Waals surface area contributed by atoms with Gasteiger partial charge in [-0.1, -0.05) is 0 Å². The second-order valence-electron chi connectivity index (χ2n) is 9.12. The topological polar surface area (TPSA) is 0 Å². The molecule has 1 atom stereocenters. The Morgan fingerprint density at radius 1 is 0.724 bits per heavy atom. The molecule has 0 radical (unpaired) electrons. The Morgan fingerprint density at radius 3 is 1.48 bits per heavy atom. The van der Waals surface area contributed by atoms with Crippen LogP contribution in [-0.4, -0.2) is 18.5 Å². The molecule has 0 bridgehead atoms. The van der Waals surface area contributed by atoms with Crippen LogP contribution in [0, 0.1) is 0 Å². The van der Waals surface area contributed by atoms with Gasteiger partial charge in [0.05, 0.1) is 0 Å². The Labute approximate surface area is 191 Å². The molecule has 1 aromatic rings. The molecule has 1 rings (SSSR count). The number of unbranched alkanes of at least 4 members (excludes halogenated alkanes) is 9. The van der Waals surface area contributed by atoms with Crippen LogP contribution >= 0.6 is 20.8 Å². The van der Waals surface area contributed by atoms with Gasteiger partial charge in [-0.3, -0.25) is 0 Å². The normalized spacial score (nSPS) is 14.3. The zero-order chi connectivity index (χ0) is 21.5. The van der Waals surface area contributed by atoms with E-state index in [-0.39, 0.29) is 0 Å². The quantitative estimate of drug-likeness (QED) is 0.111. The van der Waals surface area contributed by atoms with Gasteiger partial charge in [0, 0.05) is 0 Å². The van der Waals surface area contributed by atoms with Crippen LogP contribution in [0.15, 0.2) is 43.0 Å². The first-order chi connectivity index (χ1) is 14.0. The maximum absolute atomic E-state index is 4.67. The molecule has 0 saturated carbocycles. The van der Waals surface area contributed by atoms with Crippen molar-refractivity contribution in [3.05, 3.63) is 48.6 Å². The van der Waals surface area contributed by atoms with Crippen molar-refractivity contribution in [1.29, 1.82) is 0 Å².